The van der Waals surface area contributed by atoms with Crippen molar-refractivity contribution in [3.63, 3.8) is 0 Å². The lowest BCUT2D eigenvalue weighted by atomic mass is 9.98. The molecule has 6 nitrogen and oxygen atoms in total. The van der Waals surface area contributed by atoms with Gasteiger partial charge in [0, 0.05) is 25.3 Å². The van der Waals surface area contributed by atoms with E-state index in [2.05, 4.69) is 0 Å². The summed E-state index contributed by atoms with van der Waals surface area (Å²) in [6.45, 7) is 2.55. The predicted octanol–water partition coefficient (Wildman–Crippen LogP) is 3.46. The maximum absolute atomic E-state index is 13.1. The third-order valence-corrected chi connectivity index (χ3v) is 5.55. The standard InChI is InChI=1S/C23H27NO5/c1-26-21-12-16-8-9-24(14-18(16)13-22(21)27-2)23(25)17-5-3-6-19(11-17)29-15-20-7-4-10-28-20/h3,5-6,11-13,20H,4,7-10,14-15H2,1-2H3/t20-/m1/s1. The molecule has 0 bridgehead atoms. The van der Waals surface area contributed by atoms with Gasteiger partial charge in [0.15, 0.2) is 11.5 Å². The molecule has 0 radical (unpaired) electrons. The maximum atomic E-state index is 13.1. The van der Waals surface area contributed by atoms with Crippen LogP contribution in [0, 0.1) is 0 Å². The summed E-state index contributed by atoms with van der Waals surface area (Å²) in [6.07, 6.45) is 3.05. The predicted molar refractivity (Wildman–Crippen MR) is 109 cm³/mol. The molecule has 2 aromatic carbocycles. The zero-order chi connectivity index (χ0) is 20.2. The van der Waals surface area contributed by atoms with Crippen molar-refractivity contribution in [2.24, 2.45) is 0 Å². The summed E-state index contributed by atoms with van der Waals surface area (Å²) in [5.74, 6) is 2.12. The monoisotopic (exact) mass is 397 g/mol. The van der Waals surface area contributed by atoms with Crippen molar-refractivity contribution in [3.05, 3.63) is 53.1 Å². The van der Waals surface area contributed by atoms with E-state index >= 15 is 0 Å². The molecule has 2 aromatic rings. The van der Waals surface area contributed by atoms with Gasteiger partial charge in [-0.05, 0) is 60.7 Å². The van der Waals surface area contributed by atoms with Crippen LogP contribution in [0.25, 0.3) is 0 Å². The molecule has 2 aliphatic rings. The Hall–Kier alpha value is -2.73. The van der Waals surface area contributed by atoms with Crippen molar-refractivity contribution in [1.82, 2.24) is 4.90 Å². The van der Waals surface area contributed by atoms with Crippen molar-refractivity contribution in [2.45, 2.75) is 31.9 Å². The van der Waals surface area contributed by atoms with Crippen LogP contribution >= 0.6 is 0 Å². The molecule has 2 heterocycles. The first-order valence-corrected chi connectivity index (χ1v) is 10.1. The summed E-state index contributed by atoms with van der Waals surface area (Å²) >= 11 is 0. The fourth-order valence-electron chi connectivity index (χ4n) is 3.92. The molecule has 29 heavy (non-hydrogen) atoms. The third kappa shape index (κ3) is 4.32. The van der Waals surface area contributed by atoms with Crippen LogP contribution in [0.5, 0.6) is 17.2 Å². The van der Waals surface area contributed by atoms with Crippen LogP contribution in [-0.2, 0) is 17.7 Å². The van der Waals surface area contributed by atoms with Crippen LogP contribution in [0.15, 0.2) is 36.4 Å². The molecule has 154 valence electrons. The molecule has 0 unspecified atom stereocenters. The summed E-state index contributed by atoms with van der Waals surface area (Å²) < 4.78 is 22.3. The van der Waals surface area contributed by atoms with Gasteiger partial charge >= 0.3 is 0 Å². The molecule has 2 aliphatic heterocycles. The molecule has 0 saturated carbocycles. The Kier molecular flexibility index (Phi) is 5.90. The van der Waals surface area contributed by atoms with E-state index in [1.165, 1.54) is 5.56 Å². The number of hydrogen-bond donors (Lipinski definition) is 0. The van der Waals surface area contributed by atoms with Crippen LogP contribution in [0.1, 0.15) is 34.3 Å². The van der Waals surface area contributed by atoms with E-state index in [1.54, 1.807) is 14.2 Å². The Bertz CT molecular complexity index is 876. The van der Waals surface area contributed by atoms with E-state index in [9.17, 15) is 4.79 Å². The molecule has 1 saturated heterocycles. The number of ether oxygens (including phenoxy) is 4. The maximum Gasteiger partial charge on any atom is 0.254 e. The minimum atomic E-state index is 0.00741. The summed E-state index contributed by atoms with van der Waals surface area (Å²) in [6, 6.07) is 11.4. The van der Waals surface area contributed by atoms with Crippen LogP contribution in [0.3, 0.4) is 0 Å². The van der Waals surface area contributed by atoms with Crippen molar-refractivity contribution in [1.29, 1.82) is 0 Å². The first-order chi connectivity index (χ1) is 14.2. The first-order valence-electron chi connectivity index (χ1n) is 10.1. The highest BCUT2D eigenvalue weighted by atomic mass is 16.5. The Morgan fingerprint density at radius 3 is 2.66 bits per heavy atom. The Morgan fingerprint density at radius 2 is 1.93 bits per heavy atom. The van der Waals surface area contributed by atoms with Crippen molar-refractivity contribution in [2.75, 3.05) is 34.0 Å². The quantitative estimate of drug-likeness (QED) is 0.747. The highest BCUT2D eigenvalue weighted by Gasteiger charge is 2.24. The number of fused-ring (bicyclic) bond motifs is 1. The number of benzene rings is 2. The molecule has 1 amide bonds. The van der Waals surface area contributed by atoms with E-state index < -0.39 is 0 Å². The fraction of sp³-hybridized carbons (Fsp3) is 0.435. The zero-order valence-corrected chi connectivity index (χ0v) is 17.0. The lowest BCUT2D eigenvalue weighted by Crippen LogP contribution is -2.36. The van der Waals surface area contributed by atoms with Gasteiger partial charge < -0.3 is 23.8 Å². The van der Waals surface area contributed by atoms with E-state index in [0.717, 1.165) is 37.2 Å². The second-order valence-electron chi connectivity index (χ2n) is 7.43. The molecule has 1 fully saturated rings. The summed E-state index contributed by atoms with van der Waals surface area (Å²) in [4.78, 5) is 15.0. The van der Waals surface area contributed by atoms with Gasteiger partial charge in [-0.2, -0.15) is 0 Å². The molecule has 1 atom stereocenters. The van der Waals surface area contributed by atoms with E-state index in [4.69, 9.17) is 18.9 Å². The van der Waals surface area contributed by atoms with Gasteiger partial charge in [0.05, 0.1) is 20.3 Å². The smallest absolute Gasteiger partial charge is 0.254 e. The van der Waals surface area contributed by atoms with E-state index in [0.29, 0.717) is 36.8 Å². The molecular weight excluding hydrogens is 370 g/mol. The van der Waals surface area contributed by atoms with Crippen molar-refractivity contribution >= 4 is 5.91 Å². The van der Waals surface area contributed by atoms with Crippen LogP contribution < -0.4 is 14.2 Å². The number of carbonyl (C=O) groups is 1. The summed E-state index contributed by atoms with van der Waals surface area (Å²) in [7, 11) is 3.26. The summed E-state index contributed by atoms with van der Waals surface area (Å²) in [5, 5.41) is 0. The SMILES string of the molecule is COc1cc2c(cc1OC)CN(C(=O)c1cccc(OC[C@H]3CCCO3)c1)CC2. The highest BCUT2D eigenvalue weighted by Crippen LogP contribution is 2.33. The number of methoxy groups -OCH3 is 2. The molecule has 6 heteroatoms. The van der Waals surface area contributed by atoms with Gasteiger partial charge in [0.25, 0.3) is 5.91 Å². The first kappa shape index (κ1) is 19.6. The van der Waals surface area contributed by atoms with Gasteiger partial charge in [-0.1, -0.05) is 6.07 Å². The lowest BCUT2D eigenvalue weighted by Gasteiger charge is -2.30. The van der Waals surface area contributed by atoms with Crippen molar-refractivity contribution < 1.29 is 23.7 Å². The Balaban J connectivity index is 1.45. The molecule has 0 aromatic heterocycles. The Labute approximate surface area is 171 Å². The summed E-state index contributed by atoms with van der Waals surface area (Å²) in [5.41, 5.74) is 2.92. The highest BCUT2D eigenvalue weighted by molar-refractivity contribution is 5.94. The zero-order valence-electron chi connectivity index (χ0n) is 17.0. The minimum Gasteiger partial charge on any atom is -0.493 e. The molecule has 0 N–H and O–H groups in total. The lowest BCUT2D eigenvalue weighted by molar-refractivity contribution is 0.0676. The van der Waals surface area contributed by atoms with Gasteiger partial charge in [0.1, 0.15) is 12.4 Å². The topological polar surface area (TPSA) is 57.2 Å². The fourth-order valence-corrected chi connectivity index (χ4v) is 3.92. The van der Waals surface area contributed by atoms with Crippen LogP contribution in [0.4, 0.5) is 0 Å². The average molecular weight is 397 g/mol. The molecule has 0 aliphatic carbocycles. The van der Waals surface area contributed by atoms with E-state index in [1.807, 2.05) is 41.3 Å². The minimum absolute atomic E-state index is 0.00741. The number of amides is 1. The number of rotatable bonds is 6. The van der Waals surface area contributed by atoms with Gasteiger partial charge in [-0.25, -0.2) is 0 Å². The van der Waals surface area contributed by atoms with Crippen LogP contribution in [0.2, 0.25) is 0 Å². The Morgan fingerprint density at radius 1 is 1.14 bits per heavy atom. The number of hydrogen-bond acceptors (Lipinski definition) is 5. The second kappa shape index (κ2) is 8.74. The second-order valence-corrected chi connectivity index (χ2v) is 7.43. The normalized spacial score (nSPS) is 18.3. The van der Waals surface area contributed by atoms with Gasteiger partial charge in [-0.3, -0.25) is 4.79 Å². The molecule has 4 rings (SSSR count). The molecular formula is C23H27NO5. The third-order valence-electron chi connectivity index (χ3n) is 5.55. The average Bonchev–Trinajstić information content (AvgIpc) is 3.29. The van der Waals surface area contributed by atoms with E-state index in [-0.39, 0.29) is 12.0 Å². The van der Waals surface area contributed by atoms with Crippen LogP contribution in [-0.4, -0.2) is 50.9 Å². The number of nitrogens with zero attached hydrogens (tertiary/aromatic N) is 1. The van der Waals surface area contributed by atoms with Gasteiger partial charge in [0.2, 0.25) is 0 Å². The van der Waals surface area contributed by atoms with Crippen molar-refractivity contribution in [3.8, 4) is 17.2 Å². The molecule has 0 spiro atoms. The van der Waals surface area contributed by atoms with Gasteiger partial charge in [-0.15, -0.1) is 0 Å². The number of carbonyl (C=O) groups excluding carboxylic acids is 1. The largest absolute Gasteiger partial charge is 0.493 e.